The third kappa shape index (κ3) is 5.83. The van der Waals surface area contributed by atoms with E-state index in [2.05, 4.69) is 13.2 Å². The van der Waals surface area contributed by atoms with E-state index >= 15 is 0 Å². The maximum atomic E-state index is 11.5. The Hall–Kier alpha value is -1.42. The van der Waals surface area contributed by atoms with Crippen molar-refractivity contribution in [2.45, 2.75) is 57.3 Å². The molecule has 3 atom stereocenters. The average Bonchev–Trinajstić information content (AvgIpc) is 3.16. The molecule has 1 aliphatic rings. The van der Waals surface area contributed by atoms with Crippen molar-refractivity contribution < 1.29 is 19.1 Å². The van der Waals surface area contributed by atoms with Crippen LogP contribution >= 0.6 is 0 Å². The van der Waals surface area contributed by atoms with Gasteiger partial charge in [0.2, 0.25) is 0 Å². The first-order chi connectivity index (χ1) is 9.08. The van der Waals surface area contributed by atoms with Gasteiger partial charge in [0.05, 0.1) is 6.10 Å². The predicted molar refractivity (Wildman–Crippen MR) is 72.7 cm³/mol. The molecule has 0 saturated carbocycles. The normalized spacial score (nSPS) is 22.4. The van der Waals surface area contributed by atoms with E-state index in [1.54, 1.807) is 13.0 Å². The highest BCUT2D eigenvalue weighted by atomic mass is 16.6. The topological polar surface area (TPSA) is 55.9 Å². The fourth-order valence-electron chi connectivity index (χ4n) is 1.77. The number of hydrogen-bond acceptors (Lipinski definition) is 4. The molecule has 0 aromatic rings. The minimum atomic E-state index is -0.348. The van der Waals surface area contributed by atoms with Crippen molar-refractivity contribution in [3.63, 3.8) is 0 Å². The summed E-state index contributed by atoms with van der Waals surface area (Å²) in [4.78, 5) is 21.9. The first-order valence-corrected chi connectivity index (χ1v) is 6.70. The third-order valence-corrected chi connectivity index (χ3v) is 3.14. The molecule has 1 rings (SSSR count). The molecular formula is C15H22O4. The van der Waals surface area contributed by atoms with E-state index in [1.165, 1.54) is 0 Å². The average molecular weight is 266 g/mol. The number of carbonyl (C=O) groups excluding carboxylic acids is 2. The molecule has 4 nitrogen and oxygen atoms in total. The lowest BCUT2D eigenvalue weighted by Crippen LogP contribution is -2.13. The zero-order valence-electron chi connectivity index (χ0n) is 11.5. The lowest BCUT2D eigenvalue weighted by Gasteiger charge is -2.10. The van der Waals surface area contributed by atoms with E-state index < -0.39 is 0 Å². The van der Waals surface area contributed by atoms with Crippen molar-refractivity contribution in [1.29, 1.82) is 0 Å². The van der Waals surface area contributed by atoms with Crippen molar-refractivity contribution >= 4 is 12.3 Å². The fraction of sp³-hybridized carbons (Fsp3) is 0.600. The number of hydrogen-bond donors (Lipinski definition) is 0. The monoisotopic (exact) mass is 266 g/mol. The van der Waals surface area contributed by atoms with Crippen LogP contribution in [0.2, 0.25) is 0 Å². The van der Waals surface area contributed by atoms with Crippen molar-refractivity contribution in [3.8, 4) is 0 Å². The quantitative estimate of drug-likeness (QED) is 0.152. The van der Waals surface area contributed by atoms with Crippen molar-refractivity contribution in [1.82, 2.24) is 0 Å². The van der Waals surface area contributed by atoms with Gasteiger partial charge in [-0.3, -0.25) is 0 Å². The van der Waals surface area contributed by atoms with Crippen molar-refractivity contribution in [3.05, 3.63) is 24.8 Å². The Balaban J connectivity index is 2.02. The first-order valence-electron chi connectivity index (χ1n) is 6.70. The minimum absolute atomic E-state index is 0.124. The molecule has 0 bridgehead atoms. The standard InChI is InChI=1S/C15H22O4/c1-4-12(3)18-15(17)11(2)8-6-5-7-9-13-14(10-16)19-13/h4,10,12-14H,1-2,5-9H2,3H3/t12?,13-,14+/m1/s1. The molecule has 0 amide bonds. The second kappa shape index (κ2) is 7.89. The summed E-state index contributed by atoms with van der Waals surface area (Å²) in [5.74, 6) is -0.348. The number of esters is 1. The van der Waals surface area contributed by atoms with E-state index in [4.69, 9.17) is 9.47 Å². The van der Waals surface area contributed by atoms with E-state index in [9.17, 15) is 9.59 Å². The number of rotatable bonds is 10. The van der Waals surface area contributed by atoms with Crippen LogP contribution in [-0.4, -0.2) is 30.6 Å². The summed E-state index contributed by atoms with van der Waals surface area (Å²) in [6.45, 7) is 9.05. The lowest BCUT2D eigenvalue weighted by atomic mass is 10.1. The molecule has 0 radical (unpaired) electrons. The highest BCUT2D eigenvalue weighted by molar-refractivity contribution is 5.87. The largest absolute Gasteiger partial charge is 0.455 e. The van der Waals surface area contributed by atoms with Crippen LogP contribution in [0.5, 0.6) is 0 Å². The Labute approximate surface area is 114 Å². The van der Waals surface area contributed by atoms with Gasteiger partial charge in [-0.15, -0.1) is 0 Å². The molecular weight excluding hydrogens is 244 g/mol. The fourth-order valence-corrected chi connectivity index (χ4v) is 1.77. The van der Waals surface area contributed by atoms with Crippen LogP contribution in [0.25, 0.3) is 0 Å². The lowest BCUT2D eigenvalue weighted by molar-refractivity contribution is -0.141. The predicted octanol–water partition coefficient (Wildman–Crippen LogP) is 2.58. The van der Waals surface area contributed by atoms with Crippen LogP contribution in [0.3, 0.4) is 0 Å². The van der Waals surface area contributed by atoms with Gasteiger partial charge in [0.1, 0.15) is 12.2 Å². The molecule has 0 aromatic carbocycles. The van der Waals surface area contributed by atoms with Crippen molar-refractivity contribution in [2.75, 3.05) is 0 Å². The first kappa shape index (κ1) is 15.6. The maximum absolute atomic E-state index is 11.5. The number of aldehydes is 1. The van der Waals surface area contributed by atoms with Gasteiger partial charge in [-0.25, -0.2) is 4.79 Å². The van der Waals surface area contributed by atoms with Crippen molar-refractivity contribution in [2.24, 2.45) is 0 Å². The molecule has 0 spiro atoms. The molecule has 0 aliphatic carbocycles. The Bertz CT molecular complexity index is 348. The molecule has 106 valence electrons. The number of epoxide rings is 1. The highest BCUT2D eigenvalue weighted by Gasteiger charge is 2.37. The molecule has 1 aliphatic heterocycles. The smallest absolute Gasteiger partial charge is 0.333 e. The van der Waals surface area contributed by atoms with Crippen LogP contribution in [0, 0.1) is 0 Å². The molecule has 0 N–H and O–H groups in total. The second-order valence-corrected chi connectivity index (χ2v) is 4.82. The molecule has 4 heteroatoms. The zero-order valence-corrected chi connectivity index (χ0v) is 11.5. The summed E-state index contributed by atoms with van der Waals surface area (Å²) in [6.07, 6.45) is 6.54. The SMILES string of the molecule is C=CC(C)OC(=O)C(=C)CCCCC[C@H]1O[C@H]1C=O. The van der Waals surface area contributed by atoms with Gasteiger partial charge < -0.3 is 14.3 Å². The summed E-state index contributed by atoms with van der Waals surface area (Å²) in [6, 6.07) is 0. The van der Waals surface area contributed by atoms with Gasteiger partial charge >= 0.3 is 5.97 Å². The molecule has 1 unspecified atom stereocenters. The Morgan fingerprint density at radius 2 is 2.16 bits per heavy atom. The van der Waals surface area contributed by atoms with E-state index in [0.717, 1.165) is 32.0 Å². The van der Waals surface area contributed by atoms with Gasteiger partial charge in [0.25, 0.3) is 0 Å². The third-order valence-electron chi connectivity index (χ3n) is 3.14. The molecule has 19 heavy (non-hydrogen) atoms. The van der Waals surface area contributed by atoms with E-state index in [-0.39, 0.29) is 24.3 Å². The van der Waals surface area contributed by atoms with Crippen LogP contribution < -0.4 is 0 Å². The van der Waals surface area contributed by atoms with E-state index in [1.807, 2.05) is 0 Å². The summed E-state index contributed by atoms with van der Waals surface area (Å²) in [5.41, 5.74) is 0.502. The number of carbonyl (C=O) groups is 2. The number of ether oxygens (including phenoxy) is 2. The van der Waals surface area contributed by atoms with Gasteiger partial charge in [-0.2, -0.15) is 0 Å². The maximum Gasteiger partial charge on any atom is 0.333 e. The molecule has 1 fully saturated rings. The summed E-state index contributed by atoms with van der Waals surface area (Å²) in [7, 11) is 0. The minimum Gasteiger partial charge on any atom is -0.455 e. The van der Waals surface area contributed by atoms with Crippen LogP contribution in [0.4, 0.5) is 0 Å². The van der Waals surface area contributed by atoms with Gasteiger partial charge in [-0.1, -0.05) is 32.1 Å². The van der Waals surface area contributed by atoms with Crippen LogP contribution in [0.1, 0.15) is 39.0 Å². The van der Waals surface area contributed by atoms with Gasteiger partial charge in [-0.05, 0) is 26.2 Å². The molecule has 0 aromatic heterocycles. The van der Waals surface area contributed by atoms with E-state index in [0.29, 0.717) is 12.0 Å². The molecule has 1 saturated heterocycles. The Morgan fingerprint density at radius 3 is 2.74 bits per heavy atom. The highest BCUT2D eigenvalue weighted by Crippen LogP contribution is 2.25. The van der Waals surface area contributed by atoms with Crippen LogP contribution in [-0.2, 0) is 19.1 Å². The van der Waals surface area contributed by atoms with Crippen LogP contribution in [0.15, 0.2) is 24.8 Å². The Morgan fingerprint density at radius 1 is 1.42 bits per heavy atom. The summed E-state index contributed by atoms with van der Waals surface area (Å²) >= 11 is 0. The number of unbranched alkanes of at least 4 members (excludes halogenated alkanes) is 2. The zero-order chi connectivity index (χ0) is 14.3. The second-order valence-electron chi connectivity index (χ2n) is 4.82. The van der Waals surface area contributed by atoms with Gasteiger partial charge in [0, 0.05) is 5.57 Å². The summed E-state index contributed by atoms with van der Waals surface area (Å²) in [5, 5.41) is 0. The Kier molecular flexibility index (Phi) is 6.50. The molecule has 1 heterocycles. The van der Waals surface area contributed by atoms with Gasteiger partial charge in [0.15, 0.2) is 6.29 Å². The summed E-state index contributed by atoms with van der Waals surface area (Å²) < 4.78 is 10.2.